The molecule has 1 aromatic rings. The molecule has 7 nitrogen and oxygen atoms in total. The SMILES string of the molecule is CC(C)(CC1CCN(c2c(Cl)cn[nH]c2=O)CC1)NC(=O)O. The Balaban J connectivity index is 1.96. The lowest BCUT2D eigenvalue weighted by molar-refractivity contribution is 0.174. The number of nitrogens with zero attached hydrogens (tertiary/aromatic N) is 2. The lowest BCUT2D eigenvalue weighted by atomic mass is 9.84. The monoisotopic (exact) mass is 328 g/mol. The van der Waals surface area contributed by atoms with E-state index in [0.717, 1.165) is 32.4 Å². The number of hydrogen-bond donors (Lipinski definition) is 3. The first kappa shape index (κ1) is 16.6. The van der Waals surface area contributed by atoms with E-state index in [9.17, 15) is 9.59 Å². The summed E-state index contributed by atoms with van der Waals surface area (Å²) in [5, 5.41) is 17.8. The van der Waals surface area contributed by atoms with Crippen molar-refractivity contribution in [3.8, 4) is 0 Å². The number of rotatable bonds is 4. The van der Waals surface area contributed by atoms with Gasteiger partial charge >= 0.3 is 6.09 Å². The van der Waals surface area contributed by atoms with E-state index in [1.54, 1.807) is 0 Å². The lowest BCUT2D eigenvalue weighted by Crippen LogP contribution is -2.46. The van der Waals surface area contributed by atoms with Gasteiger partial charge in [-0.25, -0.2) is 9.89 Å². The van der Waals surface area contributed by atoms with E-state index in [2.05, 4.69) is 15.5 Å². The van der Waals surface area contributed by atoms with Crippen molar-refractivity contribution in [3.05, 3.63) is 21.6 Å². The van der Waals surface area contributed by atoms with Crippen molar-refractivity contribution in [1.29, 1.82) is 0 Å². The normalized spacial score (nSPS) is 16.6. The van der Waals surface area contributed by atoms with E-state index in [-0.39, 0.29) is 5.56 Å². The van der Waals surface area contributed by atoms with Gasteiger partial charge in [-0.15, -0.1) is 0 Å². The molecule has 0 unspecified atom stereocenters. The Morgan fingerprint density at radius 1 is 1.55 bits per heavy atom. The van der Waals surface area contributed by atoms with Gasteiger partial charge in [0.05, 0.1) is 11.2 Å². The number of hydrogen-bond acceptors (Lipinski definition) is 4. The molecule has 2 rings (SSSR count). The van der Waals surface area contributed by atoms with E-state index in [0.29, 0.717) is 16.6 Å². The molecule has 22 heavy (non-hydrogen) atoms. The van der Waals surface area contributed by atoms with Crippen LogP contribution in [0.15, 0.2) is 11.0 Å². The molecule has 2 heterocycles. The van der Waals surface area contributed by atoms with Crippen molar-refractivity contribution in [3.63, 3.8) is 0 Å². The highest BCUT2D eigenvalue weighted by Gasteiger charge is 2.29. The second kappa shape index (κ2) is 6.56. The number of H-pyrrole nitrogens is 1. The second-order valence-corrected chi connectivity index (χ2v) is 6.75. The molecule has 3 N–H and O–H groups in total. The lowest BCUT2D eigenvalue weighted by Gasteiger charge is -2.36. The van der Waals surface area contributed by atoms with Crippen molar-refractivity contribution >= 4 is 23.4 Å². The first-order valence-corrected chi connectivity index (χ1v) is 7.65. The molecule has 122 valence electrons. The maximum Gasteiger partial charge on any atom is 0.405 e. The molecule has 1 amide bonds. The van der Waals surface area contributed by atoms with Gasteiger partial charge in [-0.05, 0) is 39.0 Å². The van der Waals surface area contributed by atoms with Crippen LogP contribution >= 0.6 is 11.6 Å². The molecule has 1 fully saturated rings. The number of aromatic nitrogens is 2. The summed E-state index contributed by atoms with van der Waals surface area (Å²) in [6.45, 7) is 5.22. The molecule has 0 bridgehead atoms. The number of amides is 1. The van der Waals surface area contributed by atoms with Crippen molar-refractivity contribution < 1.29 is 9.90 Å². The Morgan fingerprint density at radius 3 is 2.73 bits per heavy atom. The van der Waals surface area contributed by atoms with Crippen LogP contribution in [0.1, 0.15) is 33.1 Å². The predicted octanol–water partition coefficient (Wildman–Crippen LogP) is 2.08. The Morgan fingerprint density at radius 2 is 2.18 bits per heavy atom. The molecule has 0 aromatic carbocycles. The Hall–Kier alpha value is -1.76. The highest BCUT2D eigenvalue weighted by atomic mass is 35.5. The Bertz CT molecular complexity index is 594. The third-order valence-corrected chi connectivity index (χ3v) is 4.24. The van der Waals surface area contributed by atoms with Crippen molar-refractivity contribution in [2.24, 2.45) is 5.92 Å². The van der Waals surface area contributed by atoms with Crippen LogP contribution < -0.4 is 15.8 Å². The minimum Gasteiger partial charge on any atom is -0.465 e. The zero-order chi connectivity index (χ0) is 16.3. The number of carboxylic acid groups (broad SMARTS) is 1. The Labute approximate surface area is 133 Å². The van der Waals surface area contributed by atoms with Crippen LogP contribution in [0.5, 0.6) is 0 Å². The maximum atomic E-state index is 11.9. The summed E-state index contributed by atoms with van der Waals surface area (Å²) in [5.41, 5.74) is -0.262. The van der Waals surface area contributed by atoms with Crippen LogP contribution in [0.25, 0.3) is 0 Å². The minimum atomic E-state index is -1.00. The Kier molecular flexibility index (Phi) is 4.95. The fourth-order valence-corrected chi connectivity index (χ4v) is 3.34. The van der Waals surface area contributed by atoms with Crippen LogP contribution in [0.3, 0.4) is 0 Å². The van der Waals surface area contributed by atoms with Gasteiger partial charge in [-0.3, -0.25) is 4.79 Å². The first-order valence-electron chi connectivity index (χ1n) is 7.28. The van der Waals surface area contributed by atoms with Gasteiger partial charge < -0.3 is 15.3 Å². The molecule has 1 aliphatic heterocycles. The summed E-state index contributed by atoms with van der Waals surface area (Å²) < 4.78 is 0. The molecule has 1 aliphatic rings. The summed E-state index contributed by atoms with van der Waals surface area (Å²) >= 11 is 6.06. The highest BCUT2D eigenvalue weighted by molar-refractivity contribution is 6.33. The summed E-state index contributed by atoms with van der Waals surface area (Å²) in [4.78, 5) is 24.6. The number of piperidine rings is 1. The molecule has 1 aromatic heterocycles. The number of nitrogens with one attached hydrogen (secondary N) is 2. The van der Waals surface area contributed by atoms with E-state index in [1.165, 1.54) is 6.20 Å². The standard InChI is InChI=1S/C14H21ClN4O3/c1-14(2,17-13(21)22)7-9-3-5-19(6-4-9)11-10(15)8-16-18-12(11)20/h8-9,17H,3-7H2,1-2H3,(H,18,20)(H,21,22). The van der Waals surface area contributed by atoms with E-state index >= 15 is 0 Å². The third-order valence-electron chi connectivity index (χ3n) is 3.96. The van der Waals surface area contributed by atoms with Gasteiger partial charge in [-0.2, -0.15) is 5.10 Å². The van der Waals surface area contributed by atoms with Crippen molar-refractivity contribution in [2.75, 3.05) is 18.0 Å². The number of aromatic amines is 1. The molecule has 0 spiro atoms. The zero-order valence-corrected chi connectivity index (χ0v) is 13.5. The van der Waals surface area contributed by atoms with Crippen LogP contribution in [0.2, 0.25) is 5.02 Å². The molecular weight excluding hydrogens is 308 g/mol. The van der Waals surface area contributed by atoms with Crippen LogP contribution in [0.4, 0.5) is 10.5 Å². The van der Waals surface area contributed by atoms with Gasteiger partial charge in [0.2, 0.25) is 0 Å². The van der Waals surface area contributed by atoms with Crippen LogP contribution in [-0.4, -0.2) is 40.0 Å². The summed E-state index contributed by atoms with van der Waals surface area (Å²) in [7, 11) is 0. The number of halogens is 1. The number of anilines is 1. The molecule has 0 saturated carbocycles. The van der Waals surface area contributed by atoms with Crippen LogP contribution in [0, 0.1) is 5.92 Å². The van der Waals surface area contributed by atoms with Crippen molar-refractivity contribution in [2.45, 2.75) is 38.6 Å². The van der Waals surface area contributed by atoms with Gasteiger partial charge in [-0.1, -0.05) is 11.6 Å². The largest absolute Gasteiger partial charge is 0.465 e. The van der Waals surface area contributed by atoms with Gasteiger partial charge in [0.15, 0.2) is 0 Å². The fourth-order valence-electron chi connectivity index (χ4n) is 3.09. The van der Waals surface area contributed by atoms with Gasteiger partial charge in [0.1, 0.15) is 5.69 Å². The topological polar surface area (TPSA) is 98.3 Å². The summed E-state index contributed by atoms with van der Waals surface area (Å²) in [5.74, 6) is 0.415. The predicted molar refractivity (Wildman–Crippen MR) is 84.7 cm³/mol. The first-order chi connectivity index (χ1) is 10.3. The summed E-state index contributed by atoms with van der Waals surface area (Å²) in [6.07, 6.45) is 2.99. The smallest absolute Gasteiger partial charge is 0.405 e. The maximum absolute atomic E-state index is 11.9. The molecule has 0 atom stereocenters. The molecule has 0 radical (unpaired) electrons. The fraction of sp³-hybridized carbons (Fsp3) is 0.643. The second-order valence-electron chi connectivity index (χ2n) is 6.34. The van der Waals surface area contributed by atoms with Crippen molar-refractivity contribution in [1.82, 2.24) is 15.5 Å². The molecule has 8 heteroatoms. The summed E-state index contributed by atoms with van der Waals surface area (Å²) in [6, 6.07) is 0. The number of carbonyl (C=O) groups is 1. The minimum absolute atomic E-state index is 0.279. The molecular formula is C14H21ClN4O3. The van der Waals surface area contributed by atoms with E-state index in [4.69, 9.17) is 16.7 Å². The van der Waals surface area contributed by atoms with E-state index < -0.39 is 11.6 Å². The molecule has 0 aliphatic carbocycles. The van der Waals surface area contributed by atoms with Crippen LogP contribution in [-0.2, 0) is 0 Å². The quantitative estimate of drug-likeness (QED) is 0.786. The van der Waals surface area contributed by atoms with E-state index in [1.807, 2.05) is 18.7 Å². The molecule has 1 saturated heterocycles. The average molecular weight is 329 g/mol. The van der Waals surface area contributed by atoms with Gasteiger partial charge in [0.25, 0.3) is 5.56 Å². The average Bonchev–Trinajstić information content (AvgIpc) is 2.38. The zero-order valence-electron chi connectivity index (χ0n) is 12.7. The van der Waals surface area contributed by atoms with Gasteiger partial charge in [0, 0.05) is 18.6 Å². The third kappa shape index (κ3) is 4.13. The highest BCUT2D eigenvalue weighted by Crippen LogP contribution is 2.29.